The quantitative estimate of drug-likeness (QED) is 0.763. The normalized spacial score (nSPS) is 10.8. The van der Waals surface area contributed by atoms with Gasteiger partial charge in [-0.05, 0) is 11.6 Å². The first-order valence-corrected chi connectivity index (χ1v) is 6.02. The van der Waals surface area contributed by atoms with E-state index >= 15 is 0 Å². The number of nitrogens with zero attached hydrogens (tertiary/aromatic N) is 3. The van der Waals surface area contributed by atoms with Crippen molar-refractivity contribution in [3.63, 3.8) is 0 Å². The first-order chi connectivity index (χ1) is 9.24. The molecule has 0 unspecified atom stereocenters. The minimum atomic E-state index is -0.305. The lowest BCUT2D eigenvalue weighted by atomic mass is 10.2. The van der Waals surface area contributed by atoms with Gasteiger partial charge in [0.15, 0.2) is 5.65 Å². The van der Waals surface area contributed by atoms with E-state index in [0.717, 1.165) is 5.56 Å². The van der Waals surface area contributed by atoms with Crippen LogP contribution in [-0.2, 0) is 6.54 Å². The number of nitrogens with one attached hydrogen (secondary N) is 2. The molecule has 0 aliphatic heterocycles. The molecule has 7 heteroatoms. The Morgan fingerprint density at radius 1 is 1.37 bits per heavy atom. The highest BCUT2D eigenvalue weighted by molar-refractivity contribution is 6.31. The van der Waals surface area contributed by atoms with Gasteiger partial charge in [-0.25, -0.2) is 19.3 Å². The molecule has 0 spiro atoms. The minimum Gasteiger partial charge on any atom is -0.366 e. The van der Waals surface area contributed by atoms with E-state index < -0.39 is 0 Å². The first kappa shape index (κ1) is 11.7. The van der Waals surface area contributed by atoms with Crippen molar-refractivity contribution in [1.29, 1.82) is 0 Å². The average Bonchev–Trinajstić information content (AvgIpc) is 2.79. The molecular formula is C12H10ClN5O. The molecule has 19 heavy (non-hydrogen) atoms. The summed E-state index contributed by atoms with van der Waals surface area (Å²) in [5, 5.41) is 10.1. The van der Waals surface area contributed by atoms with Crippen molar-refractivity contribution in [3.8, 4) is 0 Å². The van der Waals surface area contributed by atoms with Crippen molar-refractivity contribution >= 4 is 23.1 Å². The van der Waals surface area contributed by atoms with Crippen LogP contribution in [0.5, 0.6) is 0 Å². The molecule has 0 amide bonds. The van der Waals surface area contributed by atoms with E-state index in [9.17, 15) is 4.79 Å². The zero-order valence-electron chi connectivity index (χ0n) is 9.80. The van der Waals surface area contributed by atoms with Gasteiger partial charge in [0, 0.05) is 17.6 Å². The number of rotatable bonds is 3. The Labute approximate surface area is 113 Å². The SMILES string of the molecule is O=c1[nH]nc2cc(NCc3ccccc3Cl)ncn12. The van der Waals surface area contributed by atoms with E-state index in [1.165, 1.54) is 10.7 Å². The number of benzene rings is 1. The standard InChI is InChI=1S/C12H10ClN5O/c13-9-4-2-1-3-8(9)6-14-10-5-11-16-17-12(19)18(11)7-15-10/h1-5,7,14H,6H2,(H,17,19). The zero-order valence-corrected chi connectivity index (χ0v) is 10.6. The highest BCUT2D eigenvalue weighted by atomic mass is 35.5. The van der Waals surface area contributed by atoms with Crippen LogP contribution in [0.4, 0.5) is 5.82 Å². The summed E-state index contributed by atoms with van der Waals surface area (Å²) in [5.41, 5.74) is 1.19. The van der Waals surface area contributed by atoms with Crippen LogP contribution in [-0.4, -0.2) is 19.6 Å². The maximum absolute atomic E-state index is 11.3. The van der Waals surface area contributed by atoms with Gasteiger partial charge < -0.3 is 5.32 Å². The molecule has 0 saturated carbocycles. The summed E-state index contributed by atoms with van der Waals surface area (Å²) in [7, 11) is 0. The van der Waals surface area contributed by atoms with Crippen LogP contribution in [0, 0.1) is 0 Å². The summed E-state index contributed by atoms with van der Waals surface area (Å²) in [4.78, 5) is 15.4. The molecule has 96 valence electrons. The van der Waals surface area contributed by atoms with Crippen LogP contribution in [0.25, 0.3) is 5.65 Å². The number of hydrogen-bond donors (Lipinski definition) is 2. The van der Waals surface area contributed by atoms with Crippen LogP contribution < -0.4 is 11.0 Å². The van der Waals surface area contributed by atoms with Crippen LogP contribution in [0.15, 0.2) is 41.5 Å². The molecule has 0 atom stereocenters. The van der Waals surface area contributed by atoms with E-state index in [1.54, 1.807) is 6.07 Å². The number of hydrogen-bond acceptors (Lipinski definition) is 4. The molecular weight excluding hydrogens is 266 g/mol. The van der Waals surface area contributed by atoms with Gasteiger partial charge in [-0.2, -0.15) is 5.10 Å². The second-order valence-electron chi connectivity index (χ2n) is 3.98. The number of halogens is 1. The second-order valence-corrected chi connectivity index (χ2v) is 4.38. The molecule has 2 aromatic heterocycles. The highest BCUT2D eigenvalue weighted by Crippen LogP contribution is 2.16. The topological polar surface area (TPSA) is 75.1 Å². The molecule has 0 aliphatic rings. The third kappa shape index (κ3) is 2.30. The van der Waals surface area contributed by atoms with Gasteiger partial charge in [0.2, 0.25) is 0 Å². The Morgan fingerprint density at radius 2 is 2.21 bits per heavy atom. The molecule has 0 fully saturated rings. The lowest BCUT2D eigenvalue weighted by molar-refractivity contribution is 0.990. The van der Waals surface area contributed by atoms with Crippen molar-refractivity contribution in [1.82, 2.24) is 19.6 Å². The maximum Gasteiger partial charge on any atom is 0.348 e. The van der Waals surface area contributed by atoms with Gasteiger partial charge in [-0.3, -0.25) is 0 Å². The first-order valence-electron chi connectivity index (χ1n) is 5.64. The largest absolute Gasteiger partial charge is 0.366 e. The van der Waals surface area contributed by atoms with Gasteiger partial charge >= 0.3 is 5.69 Å². The lowest BCUT2D eigenvalue weighted by Crippen LogP contribution is -2.10. The van der Waals surface area contributed by atoms with E-state index in [4.69, 9.17) is 11.6 Å². The highest BCUT2D eigenvalue weighted by Gasteiger charge is 2.03. The van der Waals surface area contributed by atoms with E-state index in [1.807, 2.05) is 24.3 Å². The minimum absolute atomic E-state index is 0.305. The monoisotopic (exact) mass is 275 g/mol. The molecule has 3 rings (SSSR count). The fourth-order valence-corrected chi connectivity index (χ4v) is 1.94. The van der Waals surface area contributed by atoms with Crippen molar-refractivity contribution in [2.75, 3.05) is 5.32 Å². The van der Waals surface area contributed by atoms with Crippen molar-refractivity contribution < 1.29 is 0 Å². The smallest absolute Gasteiger partial charge is 0.348 e. The molecule has 3 aromatic rings. The van der Waals surface area contributed by atoms with Crippen molar-refractivity contribution in [3.05, 3.63) is 57.7 Å². The molecule has 6 nitrogen and oxygen atoms in total. The fourth-order valence-electron chi connectivity index (χ4n) is 1.73. The Balaban J connectivity index is 1.82. The molecule has 0 aliphatic carbocycles. The van der Waals surface area contributed by atoms with E-state index in [0.29, 0.717) is 23.0 Å². The van der Waals surface area contributed by atoms with Gasteiger partial charge in [0.05, 0.1) is 0 Å². The van der Waals surface area contributed by atoms with Crippen LogP contribution in [0.2, 0.25) is 5.02 Å². The molecule has 2 heterocycles. The van der Waals surface area contributed by atoms with Gasteiger partial charge in [0.1, 0.15) is 12.1 Å². The van der Waals surface area contributed by atoms with Crippen molar-refractivity contribution in [2.45, 2.75) is 6.54 Å². The molecule has 0 bridgehead atoms. The van der Waals surface area contributed by atoms with Crippen LogP contribution in [0.1, 0.15) is 5.56 Å². The average molecular weight is 276 g/mol. The number of aromatic nitrogens is 4. The second kappa shape index (κ2) is 4.74. The van der Waals surface area contributed by atoms with Gasteiger partial charge in [0.25, 0.3) is 0 Å². The Kier molecular flexibility index (Phi) is 2.92. The fraction of sp³-hybridized carbons (Fsp3) is 0.0833. The number of H-pyrrole nitrogens is 1. The third-order valence-corrected chi connectivity index (χ3v) is 3.10. The van der Waals surface area contributed by atoms with Crippen LogP contribution >= 0.6 is 11.6 Å². The predicted octanol–water partition coefficient (Wildman–Crippen LogP) is 1.68. The van der Waals surface area contributed by atoms with Crippen LogP contribution in [0.3, 0.4) is 0 Å². The molecule has 2 N–H and O–H groups in total. The summed E-state index contributed by atoms with van der Waals surface area (Å²) in [6, 6.07) is 9.27. The summed E-state index contributed by atoms with van der Waals surface area (Å²) < 4.78 is 1.33. The number of anilines is 1. The van der Waals surface area contributed by atoms with Gasteiger partial charge in [-0.15, -0.1) is 0 Å². The lowest BCUT2D eigenvalue weighted by Gasteiger charge is -2.06. The summed E-state index contributed by atoms with van der Waals surface area (Å²) in [5.74, 6) is 0.631. The Bertz CT molecular complexity index is 779. The van der Waals surface area contributed by atoms with E-state index in [2.05, 4.69) is 20.5 Å². The van der Waals surface area contributed by atoms with Crippen molar-refractivity contribution in [2.24, 2.45) is 0 Å². The summed E-state index contributed by atoms with van der Waals surface area (Å²) >= 11 is 6.07. The number of aromatic amines is 1. The predicted molar refractivity (Wildman–Crippen MR) is 72.4 cm³/mol. The third-order valence-electron chi connectivity index (χ3n) is 2.73. The summed E-state index contributed by atoms with van der Waals surface area (Å²) in [6.45, 7) is 0.553. The molecule has 1 aromatic carbocycles. The molecule has 0 radical (unpaired) electrons. The van der Waals surface area contributed by atoms with E-state index in [-0.39, 0.29) is 5.69 Å². The number of fused-ring (bicyclic) bond motifs is 1. The zero-order chi connectivity index (χ0) is 13.2. The van der Waals surface area contributed by atoms with Gasteiger partial charge in [-0.1, -0.05) is 29.8 Å². The Hall–Kier alpha value is -2.34. The Morgan fingerprint density at radius 3 is 3.05 bits per heavy atom. The maximum atomic E-state index is 11.3. The summed E-state index contributed by atoms with van der Waals surface area (Å²) in [6.07, 6.45) is 1.43. The molecule has 0 saturated heterocycles.